The summed E-state index contributed by atoms with van der Waals surface area (Å²) >= 11 is 1.84. The SMILES string of the molecule is CSCCCNC(=NCc1nnc(C)n1C)NCc1cc(C(C)C)no1. The predicted molar refractivity (Wildman–Crippen MR) is 105 cm³/mol. The lowest BCUT2D eigenvalue weighted by Gasteiger charge is -2.11. The fourth-order valence-corrected chi connectivity index (χ4v) is 2.62. The molecule has 0 saturated heterocycles. The van der Waals surface area contributed by atoms with E-state index < -0.39 is 0 Å². The van der Waals surface area contributed by atoms with E-state index in [2.05, 4.69) is 51.1 Å². The number of hydrogen-bond acceptors (Lipinski definition) is 6. The second-order valence-corrected chi connectivity index (χ2v) is 7.37. The Morgan fingerprint density at radius 1 is 1.35 bits per heavy atom. The molecule has 0 aliphatic rings. The molecule has 0 unspecified atom stereocenters. The van der Waals surface area contributed by atoms with Gasteiger partial charge >= 0.3 is 0 Å². The van der Waals surface area contributed by atoms with E-state index in [1.54, 1.807) is 0 Å². The van der Waals surface area contributed by atoms with E-state index in [4.69, 9.17) is 4.52 Å². The lowest BCUT2D eigenvalue weighted by molar-refractivity contribution is 0.372. The smallest absolute Gasteiger partial charge is 0.192 e. The molecule has 2 heterocycles. The fraction of sp³-hybridized carbons (Fsp3) is 0.647. The van der Waals surface area contributed by atoms with Crippen LogP contribution in [0.15, 0.2) is 15.6 Å². The van der Waals surface area contributed by atoms with Gasteiger partial charge < -0.3 is 19.7 Å². The monoisotopic (exact) mass is 379 g/mol. The van der Waals surface area contributed by atoms with Crippen LogP contribution in [-0.2, 0) is 20.1 Å². The van der Waals surface area contributed by atoms with Crippen molar-refractivity contribution < 1.29 is 4.52 Å². The van der Waals surface area contributed by atoms with Gasteiger partial charge in [0, 0.05) is 19.7 Å². The summed E-state index contributed by atoms with van der Waals surface area (Å²) < 4.78 is 7.32. The summed E-state index contributed by atoms with van der Waals surface area (Å²) in [6.07, 6.45) is 3.19. The second-order valence-electron chi connectivity index (χ2n) is 6.39. The molecule has 0 aromatic carbocycles. The van der Waals surface area contributed by atoms with Crippen molar-refractivity contribution in [3.05, 3.63) is 29.2 Å². The number of nitrogens with zero attached hydrogens (tertiary/aromatic N) is 5. The van der Waals surface area contributed by atoms with Crippen LogP contribution >= 0.6 is 11.8 Å². The first-order chi connectivity index (χ1) is 12.5. The first-order valence-corrected chi connectivity index (χ1v) is 10.2. The zero-order chi connectivity index (χ0) is 18.9. The van der Waals surface area contributed by atoms with Crippen LogP contribution in [0.4, 0.5) is 0 Å². The van der Waals surface area contributed by atoms with Gasteiger partial charge in [0.05, 0.1) is 12.2 Å². The Labute approximate surface area is 159 Å². The number of aromatic nitrogens is 4. The van der Waals surface area contributed by atoms with Crippen molar-refractivity contribution >= 4 is 17.7 Å². The van der Waals surface area contributed by atoms with Crippen LogP contribution in [0, 0.1) is 6.92 Å². The first kappa shape index (κ1) is 20.3. The molecule has 144 valence electrons. The highest BCUT2D eigenvalue weighted by Gasteiger charge is 2.09. The molecule has 0 aliphatic heterocycles. The maximum Gasteiger partial charge on any atom is 0.192 e. The van der Waals surface area contributed by atoms with Gasteiger partial charge in [0.1, 0.15) is 12.4 Å². The van der Waals surface area contributed by atoms with Crippen molar-refractivity contribution in [2.24, 2.45) is 12.0 Å². The average Bonchev–Trinajstić information content (AvgIpc) is 3.22. The van der Waals surface area contributed by atoms with Crippen molar-refractivity contribution in [2.75, 3.05) is 18.6 Å². The summed E-state index contributed by atoms with van der Waals surface area (Å²) in [5, 5.41) is 19.0. The normalized spacial score (nSPS) is 12.0. The molecule has 0 bridgehead atoms. The molecular formula is C17H29N7OS. The molecule has 0 atom stereocenters. The summed E-state index contributed by atoms with van der Waals surface area (Å²) in [4.78, 5) is 4.62. The van der Waals surface area contributed by atoms with E-state index in [1.165, 1.54) is 0 Å². The predicted octanol–water partition coefficient (Wildman–Crippen LogP) is 2.22. The zero-order valence-corrected chi connectivity index (χ0v) is 17.1. The van der Waals surface area contributed by atoms with Crippen molar-refractivity contribution in [3.63, 3.8) is 0 Å². The topological polar surface area (TPSA) is 93.2 Å². The van der Waals surface area contributed by atoms with Crippen LogP contribution < -0.4 is 10.6 Å². The third kappa shape index (κ3) is 6.05. The zero-order valence-electron chi connectivity index (χ0n) is 16.2. The highest BCUT2D eigenvalue weighted by Crippen LogP contribution is 2.13. The summed E-state index contributed by atoms with van der Waals surface area (Å²) in [5.41, 5.74) is 0.961. The maximum absolute atomic E-state index is 5.38. The average molecular weight is 380 g/mol. The Kier molecular flexibility index (Phi) is 7.96. The lowest BCUT2D eigenvalue weighted by atomic mass is 10.1. The van der Waals surface area contributed by atoms with Gasteiger partial charge in [-0.15, -0.1) is 10.2 Å². The number of thioether (sulfide) groups is 1. The van der Waals surface area contributed by atoms with E-state index in [0.29, 0.717) is 19.0 Å². The molecule has 0 fully saturated rings. The number of nitrogens with one attached hydrogen (secondary N) is 2. The number of aryl methyl sites for hydroxylation is 1. The third-order valence-electron chi connectivity index (χ3n) is 3.98. The van der Waals surface area contributed by atoms with Crippen molar-refractivity contribution in [2.45, 2.75) is 46.2 Å². The van der Waals surface area contributed by atoms with Crippen LogP contribution in [0.3, 0.4) is 0 Å². The van der Waals surface area contributed by atoms with Crippen molar-refractivity contribution in [1.29, 1.82) is 0 Å². The van der Waals surface area contributed by atoms with Crippen LogP contribution in [0.5, 0.6) is 0 Å². The summed E-state index contributed by atoms with van der Waals surface area (Å²) in [5.74, 6) is 4.69. The van der Waals surface area contributed by atoms with E-state index in [-0.39, 0.29) is 0 Å². The molecule has 0 radical (unpaired) electrons. The van der Waals surface area contributed by atoms with Gasteiger partial charge in [-0.05, 0) is 31.3 Å². The lowest BCUT2D eigenvalue weighted by Crippen LogP contribution is -2.37. The standard InChI is InChI=1S/C17H29N7OS/c1-12(2)15-9-14(25-23-15)10-19-17(18-7-6-8-26-5)20-11-16-22-21-13(3)24(16)4/h9,12H,6-8,10-11H2,1-5H3,(H2,18,19,20). The minimum atomic E-state index is 0.351. The van der Waals surface area contributed by atoms with Gasteiger partial charge in [0.2, 0.25) is 0 Å². The van der Waals surface area contributed by atoms with Crippen LogP contribution in [0.2, 0.25) is 0 Å². The molecule has 0 aliphatic carbocycles. The van der Waals surface area contributed by atoms with Crippen LogP contribution in [0.1, 0.15) is 49.3 Å². The number of aliphatic imine (C=N–C) groups is 1. The van der Waals surface area contributed by atoms with Crippen molar-refractivity contribution in [3.8, 4) is 0 Å². The number of guanidine groups is 1. The highest BCUT2D eigenvalue weighted by molar-refractivity contribution is 7.98. The number of hydrogen-bond donors (Lipinski definition) is 2. The molecule has 9 heteroatoms. The largest absolute Gasteiger partial charge is 0.359 e. The Morgan fingerprint density at radius 2 is 2.15 bits per heavy atom. The molecule has 0 saturated carbocycles. The van der Waals surface area contributed by atoms with Crippen LogP contribution in [-0.4, -0.2) is 44.4 Å². The molecule has 0 amide bonds. The Balaban J connectivity index is 1.97. The molecule has 2 rings (SSSR count). The van der Waals surface area contributed by atoms with Gasteiger partial charge in [0.15, 0.2) is 17.5 Å². The Bertz CT molecular complexity index is 708. The van der Waals surface area contributed by atoms with E-state index >= 15 is 0 Å². The van der Waals surface area contributed by atoms with E-state index in [1.807, 2.05) is 36.4 Å². The van der Waals surface area contributed by atoms with Gasteiger partial charge in [0.25, 0.3) is 0 Å². The maximum atomic E-state index is 5.38. The molecule has 26 heavy (non-hydrogen) atoms. The Morgan fingerprint density at radius 3 is 2.77 bits per heavy atom. The molecular weight excluding hydrogens is 350 g/mol. The van der Waals surface area contributed by atoms with Gasteiger partial charge in [-0.25, -0.2) is 4.99 Å². The quantitative estimate of drug-likeness (QED) is 0.392. The second kappa shape index (κ2) is 10.2. The van der Waals surface area contributed by atoms with Gasteiger partial charge in [-0.1, -0.05) is 19.0 Å². The molecule has 2 aromatic heterocycles. The van der Waals surface area contributed by atoms with Crippen molar-refractivity contribution in [1.82, 2.24) is 30.6 Å². The summed E-state index contributed by atoms with van der Waals surface area (Å²) in [7, 11) is 1.95. The molecule has 0 spiro atoms. The summed E-state index contributed by atoms with van der Waals surface area (Å²) in [6.45, 7) is 7.97. The minimum Gasteiger partial charge on any atom is -0.359 e. The number of rotatable bonds is 9. The van der Waals surface area contributed by atoms with Gasteiger partial charge in [-0.3, -0.25) is 0 Å². The molecule has 2 N–H and O–H groups in total. The van der Waals surface area contributed by atoms with E-state index in [9.17, 15) is 0 Å². The van der Waals surface area contributed by atoms with Crippen LogP contribution in [0.25, 0.3) is 0 Å². The molecule has 2 aromatic rings. The highest BCUT2D eigenvalue weighted by atomic mass is 32.2. The minimum absolute atomic E-state index is 0.351. The van der Waals surface area contributed by atoms with Gasteiger partial charge in [-0.2, -0.15) is 11.8 Å². The molecule has 8 nitrogen and oxygen atoms in total. The fourth-order valence-electron chi connectivity index (χ4n) is 2.19. The summed E-state index contributed by atoms with van der Waals surface area (Å²) in [6, 6.07) is 1.98. The van der Waals surface area contributed by atoms with E-state index in [0.717, 1.165) is 47.8 Å². The Hall–Kier alpha value is -2.03. The first-order valence-electron chi connectivity index (χ1n) is 8.82. The third-order valence-corrected chi connectivity index (χ3v) is 4.67.